The van der Waals surface area contributed by atoms with Crippen LogP contribution in [-0.2, 0) is 4.79 Å². The van der Waals surface area contributed by atoms with Crippen molar-refractivity contribution < 1.29 is 19.4 Å². The lowest BCUT2D eigenvalue weighted by molar-refractivity contribution is -0.137. The highest BCUT2D eigenvalue weighted by molar-refractivity contribution is 5.99. The van der Waals surface area contributed by atoms with E-state index in [1.165, 1.54) is 0 Å². The van der Waals surface area contributed by atoms with Crippen molar-refractivity contribution in [1.82, 2.24) is 0 Å². The van der Waals surface area contributed by atoms with Crippen molar-refractivity contribution >= 4 is 11.8 Å². The van der Waals surface area contributed by atoms with Gasteiger partial charge in [-0.15, -0.1) is 0 Å². The van der Waals surface area contributed by atoms with E-state index in [-0.39, 0.29) is 18.3 Å². The van der Waals surface area contributed by atoms with E-state index in [0.29, 0.717) is 11.3 Å². The first kappa shape index (κ1) is 14.2. The topological polar surface area (TPSA) is 63.6 Å². The highest BCUT2D eigenvalue weighted by Crippen LogP contribution is 2.17. The molecule has 0 heterocycles. The zero-order valence-electron chi connectivity index (χ0n) is 10.8. The van der Waals surface area contributed by atoms with E-state index in [1.54, 1.807) is 31.2 Å². The predicted molar refractivity (Wildman–Crippen MR) is 68.0 cm³/mol. The van der Waals surface area contributed by atoms with Crippen molar-refractivity contribution in [3.05, 3.63) is 29.8 Å². The molecule has 0 fully saturated rings. The van der Waals surface area contributed by atoms with Gasteiger partial charge in [0.15, 0.2) is 5.78 Å². The lowest BCUT2D eigenvalue weighted by Gasteiger charge is -2.11. The minimum absolute atomic E-state index is 0.0810. The average molecular weight is 250 g/mol. The molecule has 4 heteroatoms. The molecule has 18 heavy (non-hydrogen) atoms. The maximum atomic E-state index is 11.9. The number of Topliss-reactive ketones (excluding diaryl/α,β-unsaturated/α-hetero) is 1. The molecule has 1 aromatic rings. The van der Waals surface area contributed by atoms with E-state index >= 15 is 0 Å². The third-order valence-corrected chi connectivity index (χ3v) is 2.44. The summed E-state index contributed by atoms with van der Waals surface area (Å²) >= 11 is 0. The van der Waals surface area contributed by atoms with Crippen molar-refractivity contribution in [3.8, 4) is 5.75 Å². The fourth-order valence-corrected chi connectivity index (χ4v) is 1.61. The number of aliphatic carboxylic acids is 1. The summed E-state index contributed by atoms with van der Waals surface area (Å²) in [5, 5.41) is 8.65. The first-order valence-corrected chi connectivity index (χ1v) is 5.93. The number of benzene rings is 1. The number of ether oxygens (including phenoxy) is 1. The Kier molecular flexibility index (Phi) is 4.89. The van der Waals surface area contributed by atoms with E-state index in [9.17, 15) is 9.59 Å². The van der Waals surface area contributed by atoms with E-state index in [0.717, 1.165) is 0 Å². The summed E-state index contributed by atoms with van der Waals surface area (Å²) in [5.74, 6) is -0.934. The Hall–Kier alpha value is -1.84. The number of hydrogen-bond acceptors (Lipinski definition) is 3. The molecule has 0 aliphatic carbocycles. The maximum absolute atomic E-state index is 11.9. The van der Waals surface area contributed by atoms with Crippen LogP contribution in [0, 0.1) is 5.92 Å². The molecule has 4 nitrogen and oxygen atoms in total. The summed E-state index contributed by atoms with van der Waals surface area (Å²) in [6.45, 7) is 5.47. The fourth-order valence-electron chi connectivity index (χ4n) is 1.61. The van der Waals surface area contributed by atoms with Crippen LogP contribution in [0.5, 0.6) is 5.75 Å². The third kappa shape index (κ3) is 4.20. The van der Waals surface area contributed by atoms with Crippen LogP contribution in [-0.4, -0.2) is 23.0 Å². The van der Waals surface area contributed by atoms with E-state index < -0.39 is 11.9 Å². The minimum atomic E-state index is -0.962. The van der Waals surface area contributed by atoms with Crippen LogP contribution in [0.1, 0.15) is 37.6 Å². The van der Waals surface area contributed by atoms with Crippen LogP contribution in [0.25, 0.3) is 0 Å². The van der Waals surface area contributed by atoms with Crippen molar-refractivity contribution in [2.45, 2.75) is 33.3 Å². The van der Waals surface area contributed by atoms with E-state index in [2.05, 4.69) is 0 Å². The molecule has 0 aliphatic heterocycles. The Labute approximate surface area is 107 Å². The van der Waals surface area contributed by atoms with Crippen molar-refractivity contribution in [1.29, 1.82) is 0 Å². The molecule has 98 valence electrons. The first-order chi connectivity index (χ1) is 8.40. The molecule has 0 bridgehead atoms. The van der Waals surface area contributed by atoms with Crippen molar-refractivity contribution in [3.63, 3.8) is 0 Å². The molecule has 1 rings (SSSR count). The van der Waals surface area contributed by atoms with E-state index in [4.69, 9.17) is 9.84 Å². The van der Waals surface area contributed by atoms with Crippen LogP contribution in [0.2, 0.25) is 0 Å². The number of carboxylic acid groups (broad SMARTS) is 1. The highest BCUT2D eigenvalue weighted by atomic mass is 16.5. The fraction of sp³-hybridized carbons (Fsp3) is 0.429. The number of carbonyl (C=O) groups excluding carboxylic acids is 1. The van der Waals surface area contributed by atoms with Gasteiger partial charge in [-0.1, -0.05) is 6.92 Å². The van der Waals surface area contributed by atoms with Gasteiger partial charge in [0.25, 0.3) is 0 Å². The van der Waals surface area contributed by atoms with Crippen LogP contribution in [0.4, 0.5) is 0 Å². The van der Waals surface area contributed by atoms with Crippen molar-refractivity contribution in [2.24, 2.45) is 5.92 Å². The molecule has 0 amide bonds. The molecule has 0 aromatic heterocycles. The monoisotopic (exact) mass is 250 g/mol. The molecule has 0 aliphatic rings. The Morgan fingerprint density at radius 2 is 1.72 bits per heavy atom. The number of hydrogen-bond donors (Lipinski definition) is 1. The number of carbonyl (C=O) groups is 2. The van der Waals surface area contributed by atoms with Gasteiger partial charge >= 0.3 is 5.97 Å². The summed E-state index contributed by atoms with van der Waals surface area (Å²) < 4.78 is 5.47. The molecule has 0 saturated heterocycles. The maximum Gasteiger partial charge on any atom is 0.304 e. The molecule has 0 saturated carbocycles. The first-order valence-electron chi connectivity index (χ1n) is 5.93. The Bertz CT molecular complexity index is 420. The second-order valence-electron chi connectivity index (χ2n) is 4.55. The Morgan fingerprint density at radius 3 is 2.17 bits per heavy atom. The largest absolute Gasteiger partial charge is 0.491 e. The van der Waals surface area contributed by atoms with Gasteiger partial charge in [0, 0.05) is 11.5 Å². The summed E-state index contributed by atoms with van der Waals surface area (Å²) in [4.78, 5) is 22.5. The van der Waals surface area contributed by atoms with Crippen LogP contribution in [0.15, 0.2) is 24.3 Å². The molecule has 1 N–H and O–H groups in total. The average Bonchev–Trinajstić information content (AvgIpc) is 2.27. The standard InChI is InChI=1S/C14H18O4/c1-9(2)18-12-6-4-11(5-7-12)14(17)10(3)8-13(15)16/h4-7,9-10H,8H2,1-3H3,(H,15,16). The summed E-state index contributed by atoms with van der Waals surface area (Å²) in [7, 11) is 0. The smallest absolute Gasteiger partial charge is 0.304 e. The van der Waals surface area contributed by atoms with Crippen LogP contribution >= 0.6 is 0 Å². The van der Waals surface area contributed by atoms with Crippen molar-refractivity contribution in [2.75, 3.05) is 0 Å². The van der Waals surface area contributed by atoms with Gasteiger partial charge in [-0.3, -0.25) is 9.59 Å². The lowest BCUT2D eigenvalue weighted by Crippen LogP contribution is -2.15. The molecule has 1 atom stereocenters. The highest BCUT2D eigenvalue weighted by Gasteiger charge is 2.18. The van der Waals surface area contributed by atoms with E-state index in [1.807, 2.05) is 13.8 Å². The zero-order valence-corrected chi connectivity index (χ0v) is 10.8. The summed E-state index contributed by atoms with van der Waals surface area (Å²) in [6.07, 6.45) is -0.0687. The normalized spacial score (nSPS) is 12.2. The quantitative estimate of drug-likeness (QED) is 0.788. The summed E-state index contributed by atoms with van der Waals surface area (Å²) in [5.41, 5.74) is 0.514. The number of ketones is 1. The second-order valence-corrected chi connectivity index (χ2v) is 4.55. The van der Waals surface area contributed by atoms with Gasteiger partial charge in [-0.2, -0.15) is 0 Å². The summed E-state index contributed by atoms with van der Waals surface area (Å²) in [6, 6.07) is 6.78. The molecule has 0 spiro atoms. The molecule has 0 radical (unpaired) electrons. The van der Waals surface area contributed by atoms with Gasteiger partial charge in [0.05, 0.1) is 12.5 Å². The molecule has 1 unspecified atom stereocenters. The van der Waals surface area contributed by atoms with Gasteiger partial charge < -0.3 is 9.84 Å². The van der Waals surface area contributed by atoms with Gasteiger partial charge in [-0.05, 0) is 38.1 Å². The lowest BCUT2D eigenvalue weighted by atomic mass is 9.96. The van der Waals surface area contributed by atoms with Gasteiger partial charge in [0.1, 0.15) is 5.75 Å². The molecular weight excluding hydrogens is 232 g/mol. The number of carboxylic acids is 1. The molecule has 1 aromatic carbocycles. The SMILES string of the molecule is CC(C)Oc1ccc(C(=O)C(C)CC(=O)O)cc1. The van der Waals surface area contributed by atoms with Crippen LogP contribution < -0.4 is 4.74 Å². The zero-order chi connectivity index (χ0) is 13.7. The van der Waals surface area contributed by atoms with Gasteiger partial charge in [0.2, 0.25) is 0 Å². The Balaban J connectivity index is 2.72. The predicted octanol–water partition coefficient (Wildman–Crippen LogP) is 2.77. The second kappa shape index (κ2) is 6.19. The van der Waals surface area contributed by atoms with Gasteiger partial charge in [-0.25, -0.2) is 0 Å². The third-order valence-electron chi connectivity index (χ3n) is 2.44. The van der Waals surface area contributed by atoms with Crippen LogP contribution in [0.3, 0.4) is 0 Å². The number of rotatable bonds is 6. The minimum Gasteiger partial charge on any atom is -0.491 e. The molecular formula is C14H18O4. The Morgan fingerprint density at radius 1 is 1.17 bits per heavy atom.